The molecule has 0 unspecified atom stereocenters. The first-order valence-electron chi connectivity index (χ1n) is 10.9. The second kappa shape index (κ2) is 8.99. The van der Waals surface area contributed by atoms with E-state index in [-0.39, 0.29) is 16.7 Å². The van der Waals surface area contributed by atoms with E-state index < -0.39 is 10.0 Å². The Hall–Kier alpha value is -2.78. The number of anilines is 1. The van der Waals surface area contributed by atoms with Crippen molar-refractivity contribution in [3.63, 3.8) is 0 Å². The molecule has 1 N–H and O–H groups in total. The molecule has 1 fully saturated rings. The highest BCUT2D eigenvalue weighted by molar-refractivity contribution is 7.89. The number of nitrogens with zero attached hydrogens (tertiary/aromatic N) is 3. The summed E-state index contributed by atoms with van der Waals surface area (Å²) in [4.78, 5) is 17.3. The fraction of sp³-hybridized carbons (Fsp3) is 0.435. The molecule has 0 atom stereocenters. The number of rotatable bonds is 5. The Labute approximate surface area is 188 Å². The summed E-state index contributed by atoms with van der Waals surface area (Å²) in [6, 6.07) is 6.67. The van der Waals surface area contributed by atoms with Crippen LogP contribution in [0.4, 0.5) is 5.69 Å². The van der Waals surface area contributed by atoms with Crippen molar-refractivity contribution in [1.82, 2.24) is 14.4 Å². The van der Waals surface area contributed by atoms with Crippen molar-refractivity contribution < 1.29 is 17.7 Å². The Morgan fingerprint density at radius 2 is 1.84 bits per heavy atom. The molecule has 170 valence electrons. The molecule has 0 radical (unpaired) electrons. The van der Waals surface area contributed by atoms with E-state index in [9.17, 15) is 13.2 Å². The fourth-order valence-corrected chi connectivity index (χ4v) is 5.74. The van der Waals surface area contributed by atoms with Gasteiger partial charge in [-0.25, -0.2) is 13.4 Å². The summed E-state index contributed by atoms with van der Waals surface area (Å²) in [5.74, 6) is -0.252. The summed E-state index contributed by atoms with van der Waals surface area (Å²) in [6.45, 7) is 6.81. The lowest BCUT2D eigenvalue weighted by Crippen LogP contribution is -2.32. The largest absolute Gasteiger partial charge is 0.336 e. The Bertz CT molecular complexity index is 1240. The van der Waals surface area contributed by atoms with Crippen LogP contribution in [0, 0.1) is 6.92 Å². The predicted molar refractivity (Wildman–Crippen MR) is 122 cm³/mol. The molecule has 8 nitrogen and oxygen atoms in total. The summed E-state index contributed by atoms with van der Waals surface area (Å²) in [6.07, 6.45) is 5.25. The average Bonchev–Trinajstić information content (AvgIpc) is 2.98. The number of hydrogen-bond donors (Lipinski definition) is 1. The third kappa shape index (κ3) is 4.40. The van der Waals surface area contributed by atoms with Crippen molar-refractivity contribution in [2.45, 2.75) is 57.3 Å². The maximum atomic E-state index is 13.3. The molecule has 9 heteroatoms. The zero-order valence-electron chi connectivity index (χ0n) is 18.6. The summed E-state index contributed by atoms with van der Waals surface area (Å²) in [7, 11) is -3.63. The highest BCUT2D eigenvalue weighted by Gasteiger charge is 2.27. The van der Waals surface area contributed by atoms with E-state index in [0.717, 1.165) is 31.4 Å². The Morgan fingerprint density at radius 3 is 2.53 bits per heavy atom. The molecule has 4 rings (SSSR count). The van der Waals surface area contributed by atoms with E-state index in [2.05, 4.69) is 15.5 Å². The van der Waals surface area contributed by atoms with Crippen molar-refractivity contribution in [2.75, 3.05) is 18.4 Å². The van der Waals surface area contributed by atoms with E-state index >= 15 is 0 Å². The van der Waals surface area contributed by atoms with Crippen LogP contribution in [-0.4, -0.2) is 41.9 Å². The molecule has 0 aliphatic carbocycles. The number of aromatic nitrogens is 2. The van der Waals surface area contributed by atoms with E-state index in [1.54, 1.807) is 35.5 Å². The molecule has 32 heavy (non-hydrogen) atoms. The molecule has 1 aliphatic heterocycles. The number of fused-ring (bicyclic) bond motifs is 1. The van der Waals surface area contributed by atoms with Gasteiger partial charge in [-0.05, 0) is 49.4 Å². The smallest absolute Gasteiger partial charge is 0.257 e. The van der Waals surface area contributed by atoms with Gasteiger partial charge in [0.25, 0.3) is 11.6 Å². The maximum absolute atomic E-state index is 13.3. The molecule has 2 aromatic heterocycles. The molecular formula is C23H28N4O4S. The summed E-state index contributed by atoms with van der Waals surface area (Å²) in [5, 5.41) is 7.54. The predicted octanol–water partition coefficient (Wildman–Crippen LogP) is 4.47. The monoisotopic (exact) mass is 456 g/mol. The topological polar surface area (TPSA) is 105 Å². The normalized spacial score (nSPS) is 15.8. The number of hydrogen-bond acceptors (Lipinski definition) is 6. The number of nitrogens with one attached hydrogen (secondary N) is 1. The maximum Gasteiger partial charge on any atom is 0.257 e. The van der Waals surface area contributed by atoms with Gasteiger partial charge in [0.15, 0.2) is 0 Å². The molecule has 0 bridgehead atoms. The summed E-state index contributed by atoms with van der Waals surface area (Å²) < 4.78 is 33.3. The molecule has 1 aromatic carbocycles. The minimum Gasteiger partial charge on any atom is -0.336 e. The van der Waals surface area contributed by atoms with Gasteiger partial charge in [-0.15, -0.1) is 0 Å². The fourth-order valence-electron chi connectivity index (χ4n) is 3.97. The second-order valence-electron chi connectivity index (χ2n) is 8.55. The summed E-state index contributed by atoms with van der Waals surface area (Å²) in [5.41, 5.74) is 2.54. The molecule has 3 heterocycles. The number of amides is 1. The lowest BCUT2D eigenvalue weighted by atomic mass is 10.1. The van der Waals surface area contributed by atoms with E-state index in [1.165, 1.54) is 6.20 Å². The first-order valence-corrected chi connectivity index (χ1v) is 12.4. The number of carbonyl (C=O) groups excluding carboxylic acids is 1. The first-order chi connectivity index (χ1) is 15.3. The summed E-state index contributed by atoms with van der Waals surface area (Å²) >= 11 is 0. The zero-order valence-corrected chi connectivity index (χ0v) is 19.4. The van der Waals surface area contributed by atoms with Crippen molar-refractivity contribution in [2.24, 2.45) is 0 Å². The van der Waals surface area contributed by atoms with Crippen LogP contribution < -0.4 is 5.32 Å². The van der Waals surface area contributed by atoms with Crippen LogP contribution in [0.3, 0.4) is 0 Å². The van der Waals surface area contributed by atoms with Crippen LogP contribution in [0.2, 0.25) is 0 Å². The molecule has 0 spiro atoms. The van der Waals surface area contributed by atoms with Gasteiger partial charge in [-0.3, -0.25) is 4.79 Å². The van der Waals surface area contributed by atoms with Gasteiger partial charge in [0.05, 0.1) is 21.5 Å². The van der Waals surface area contributed by atoms with Gasteiger partial charge in [0.1, 0.15) is 0 Å². The standard InChI is InChI=1S/C23H28N4O4S/c1-15(2)21-19-12-17(14-24-23(19)31-26-21)22(28)25-18-9-8-16(3)20(13-18)32(29,30)27-10-6-4-5-7-11-27/h8-9,12-15H,4-7,10-11H2,1-3H3,(H,25,28). The van der Waals surface area contributed by atoms with E-state index in [0.29, 0.717) is 41.0 Å². The van der Waals surface area contributed by atoms with Gasteiger partial charge >= 0.3 is 0 Å². The molecule has 1 saturated heterocycles. The van der Waals surface area contributed by atoms with Crippen molar-refractivity contribution >= 4 is 32.7 Å². The number of pyridine rings is 1. The average molecular weight is 457 g/mol. The Balaban J connectivity index is 1.60. The molecule has 1 amide bonds. The third-order valence-electron chi connectivity index (χ3n) is 5.80. The van der Waals surface area contributed by atoms with Crippen molar-refractivity contribution in [1.29, 1.82) is 0 Å². The molecule has 0 saturated carbocycles. The molecule has 1 aliphatic rings. The van der Waals surface area contributed by atoms with E-state index in [1.807, 2.05) is 13.8 Å². The van der Waals surface area contributed by atoms with Crippen molar-refractivity contribution in [3.8, 4) is 0 Å². The SMILES string of the molecule is Cc1ccc(NC(=O)c2cnc3onc(C(C)C)c3c2)cc1S(=O)(=O)N1CCCCCC1. The van der Waals surface area contributed by atoms with Crippen LogP contribution in [0.25, 0.3) is 11.1 Å². The second-order valence-corrected chi connectivity index (χ2v) is 10.5. The minimum atomic E-state index is -3.63. The molecule has 3 aromatic rings. The van der Waals surface area contributed by atoms with Gasteiger partial charge in [0.2, 0.25) is 10.0 Å². The van der Waals surface area contributed by atoms with Gasteiger partial charge in [-0.2, -0.15) is 4.31 Å². The van der Waals surface area contributed by atoms with Gasteiger partial charge < -0.3 is 9.84 Å². The van der Waals surface area contributed by atoms with Crippen LogP contribution >= 0.6 is 0 Å². The van der Waals surface area contributed by atoms with E-state index in [4.69, 9.17) is 4.52 Å². The zero-order chi connectivity index (χ0) is 22.9. The number of carbonyl (C=O) groups is 1. The number of aryl methyl sites for hydroxylation is 1. The van der Waals surface area contributed by atoms with Crippen LogP contribution in [-0.2, 0) is 10.0 Å². The highest BCUT2D eigenvalue weighted by atomic mass is 32.2. The lowest BCUT2D eigenvalue weighted by Gasteiger charge is -2.21. The Morgan fingerprint density at radius 1 is 1.12 bits per heavy atom. The minimum absolute atomic E-state index is 0.125. The van der Waals surface area contributed by atoms with Crippen LogP contribution in [0.5, 0.6) is 0 Å². The Kier molecular flexibility index (Phi) is 6.30. The van der Waals surface area contributed by atoms with Gasteiger partial charge in [-0.1, -0.05) is 37.9 Å². The number of sulfonamides is 1. The third-order valence-corrected chi connectivity index (χ3v) is 7.84. The first kappa shape index (κ1) is 22.4. The number of benzene rings is 1. The van der Waals surface area contributed by atoms with Crippen LogP contribution in [0.1, 0.15) is 67.1 Å². The highest BCUT2D eigenvalue weighted by Crippen LogP contribution is 2.27. The quantitative estimate of drug-likeness (QED) is 0.607. The van der Waals surface area contributed by atoms with Crippen LogP contribution in [0.15, 0.2) is 39.9 Å². The van der Waals surface area contributed by atoms with Crippen molar-refractivity contribution in [3.05, 3.63) is 47.3 Å². The lowest BCUT2D eigenvalue weighted by molar-refractivity contribution is 0.102. The molecular weight excluding hydrogens is 428 g/mol. The van der Waals surface area contributed by atoms with Gasteiger partial charge in [0, 0.05) is 25.0 Å².